The van der Waals surface area contributed by atoms with E-state index in [-0.39, 0.29) is 24.8 Å². The average Bonchev–Trinajstić information content (AvgIpc) is 3.25. The maximum Gasteiger partial charge on any atom is 0.475 e. The summed E-state index contributed by atoms with van der Waals surface area (Å²) in [5, 5.41) is 1.22. The molecule has 1 aromatic heterocycles. The van der Waals surface area contributed by atoms with E-state index >= 15 is 0 Å². The van der Waals surface area contributed by atoms with Gasteiger partial charge in [-0.05, 0) is 55.1 Å². The van der Waals surface area contributed by atoms with Gasteiger partial charge in [-0.25, -0.2) is 0 Å². The van der Waals surface area contributed by atoms with Gasteiger partial charge in [0.05, 0.1) is 18.0 Å². The first-order valence-electron chi connectivity index (χ1n) is 12.8. The molecule has 6 rings (SSSR count). The fourth-order valence-corrected chi connectivity index (χ4v) is 18.3. The molecule has 0 N–H and O–H groups in total. The van der Waals surface area contributed by atoms with Crippen molar-refractivity contribution in [3.05, 3.63) is 36.1 Å². The van der Waals surface area contributed by atoms with Crippen molar-refractivity contribution in [3.8, 4) is 0 Å². The predicted octanol–water partition coefficient (Wildman–Crippen LogP) is 6.58. The lowest BCUT2D eigenvalue weighted by atomic mass is 9.43. The lowest BCUT2D eigenvalue weighted by Crippen LogP contribution is -2.68. The zero-order valence-electron chi connectivity index (χ0n) is 22.1. The minimum absolute atomic E-state index is 0.176. The van der Waals surface area contributed by atoms with Crippen molar-refractivity contribution in [2.75, 3.05) is 0 Å². The third kappa shape index (κ3) is 3.73. The van der Waals surface area contributed by atoms with Crippen LogP contribution < -0.4 is 0 Å². The van der Waals surface area contributed by atoms with Gasteiger partial charge in [0, 0.05) is 11.3 Å². The fourth-order valence-electron chi connectivity index (χ4n) is 7.79. The van der Waals surface area contributed by atoms with Crippen LogP contribution >= 0.6 is 0 Å². The molecule has 0 unspecified atom stereocenters. The normalized spacial score (nSPS) is 32.2. The summed E-state index contributed by atoms with van der Waals surface area (Å²) in [5.74, 6) is 1.55. The third-order valence-electron chi connectivity index (χ3n) is 9.05. The molecule has 0 amide bonds. The van der Waals surface area contributed by atoms with Crippen molar-refractivity contribution in [1.82, 2.24) is 4.23 Å². The van der Waals surface area contributed by atoms with Crippen molar-refractivity contribution in [2.45, 2.75) is 97.0 Å². The van der Waals surface area contributed by atoms with Gasteiger partial charge in [0.25, 0.3) is 0 Å². The molecule has 2 bridgehead atoms. The van der Waals surface area contributed by atoms with Crippen molar-refractivity contribution in [2.24, 2.45) is 17.3 Å². The van der Waals surface area contributed by atoms with Gasteiger partial charge >= 0.3 is 7.12 Å². The smallest absolute Gasteiger partial charge is 0.464 e. The van der Waals surface area contributed by atoms with E-state index in [1.165, 1.54) is 17.4 Å². The van der Waals surface area contributed by atoms with E-state index in [9.17, 15) is 0 Å². The molecule has 180 valence electrons. The van der Waals surface area contributed by atoms with Gasteiger partial charge in [-0.2, -0.15) is 0 Å². The van der Waals surface area contributed by atoms with Crippen LogP contribution in [0.2, 0.25) is 39.3 Å². The molecule has 7 heteroatoms. The second-order valence-corrected chi connectivity index (χ2v) is 23.7. The average molecular weight is 484 g/mol. The van der Waals surface area contributed by atoms with Gasteiger partial charge in [0.15, 0.2) is 0 Å². The molecule has 4 nitrogen and oxygen atoms in total. The fraction of sp³-hybridized carbons (Fsp3) is 0.692. The molecule has 3 aliphatic carbocycles. The lowest BCUT2D eigenvalue weighted by Gasteiger charge is -2.64. The Morgan fingerprint density at radius 2 is 1.70 bits per heavy atom. The Hall–Kier alpha value is -0.861. The molecule has 4 aliphatic rings. The van der Waals surface area contributed by atoms with Gasteiger partial charge in [0.2, 0.25) is 0 Å². The number of hydrogen-bond donors (Lipinski definition) is 0. The van der Waals surface area contributed by atoms with E-state index in [4.69, 9.17) is 13.7 Å². The molecular weight excluding hydrogens is 441 g/mol. The molecule has 2 heterocycles. The number of furan rings is 1. The molecule has 33 heavy (non-hydrogen) atoms. The summed E-state index contributed by atoms with van der Waals surface area (Å²) in [4.78, 5) is 0. The number of benzene rings is 1. The van der Waals surface area contributed by atoms with Gasteiger partial charge in [-0.3, -0.25) is 0 Å². The van der Waals surface area contributed by atoms with Crippen LogP contribution in [0.4, 0.5) is 0 Å². The molecule has 2 aromatic rings. The molecule has 1 saturated heterocycles. The largest absolute Gasteiger partial charge is 0.475 e. The summed E-state index contributed by atoms with van der Waals surface area (Å²) in [6.07, 6.45) is 5.51. The summed E-state index contributed by atoms with van der Waals surface area (Å²) in [7, 11) is -3.51. The molecule has 0 radical (unpaired) electrons. The molecule has 1 aliphatic heterocycles. The van der Waals surface area contributed by atoms with E-state index in [0.29, 0.717) is 11.3 Å². The molecule has 3 saturated carbocycles. The minimum atomic E-state index is -1.66. The summed E-state index contributed by atoms with van der Waals surface area (Å²) in [6.45, 7) is 22.1. The van der Waals surface area contributed by atoms with Crippen LogP contribution in [-0.2, 0) is 15.7 Å². The Bertz CT molecular complexity index is 1030. The highest BCUT2D eigenvalue weighted by Crippen LogP contribution is 2.66. The maximum atomic E-state index is 7.08. The first-order valence-corrected chi connectivity index (χ1v) is 19.7. The zero-order valence-corrected chi connectivity index (χ0v) is 24.1. The topological polar surface area (TPSA) is 34.8 Å². The first-order chi connectivity index (χ1) is 15.2. The van der Waals surface area contributed by atoms with Gasteiger partial charge < -0.3 is 18.0 Å². The van der Waals surface area contributed by atoms with Crippen molar-refractivity contribution < 1.29 is 13.7 Å². The number of rotatable bonds is 6. The Morgan fingerprint density at radius 1 is 1.03 bits per heavy atom. The number of fused-ring (bicyclic) bond motifs is 1. The predicted molar refractivity (Wildman–Crippen MR) is 142 cm³/mol. The van der Waals surface area contributed by atoms with E-state index in [1.54, 1.807) is 0 Å². The standard InChI is InChI=1S/C26H42BNO3Si2/c1-25(2)19-15-22(25)26(3)23(16-19)30-27(31-26)24(28(32(4,5)6)33(7,8)9)14-18-17-29-21-13-11-10-12-20(18)21/h10-13,17,19,22-24H,14-16H2,1-9H3/t19-,22-,23+,24-,26-/m0/s1. The van der Waals surface area contributed by atoms with Crippen LogP contribution in [0, 0.1) is 17.3 Å². The molecule has 5 atom stereocenters. The third-order valence-corrected chi connectivity index (χ3v) is 16.6. The Morgan fingerprint density at radius 3 is 2.33 bits per heavy atom. The molecular formula is C26H42BNO3Si2. The quantitative estimate of drug-likeness (QED) is 0.435. The number of para-hydroxylation sites is 1. The van der Waals surface area contributed by atoms with Crippen molar-refractivity contribution in [1.29, 1.82) is 0 Å². The van der Waals surface area contributed by atoms with Gasteiger partial charge in [-0.15, -0.1) is 0 Å². The first kappa shape index (κ1) is 23.9. The molecule has 4 fully saturated rings. The zero-order chi connectivity index (χ0) is 24.0. The molecule has 0 spiro atoms. The highest BCUT2D eigenvalue weighted by molar-refractivity contribution is 6.90. The Labute approximate surface area is 202 Å². The lowest BCUT2D eigenvalue weighted by molar-refractivity contribution is -0.199. The van der Waals surface area contributed by atoms with E-state index in [0.717, 1.165) is 24.3 Å². The van der Waals surface area contributed by atoms with Gasteiger partial charge in [-0.1, -0.05) is 71.3 Å². The van der Waals surface area contributed by atoms with Crippen molar-refractivity contribution in [3.63, 3.8) is 0 Å². The summed E-state index contributed by atoms with van der Waals surface area (Å²) in [6, 6.07) is 8.41. The molecule has 1 aromatic carbocycles. The van der Waals surface area contributed by atoms with E-state index in [2.05, 4.69) is 82.5 Å². The number of hydrogen-bond acceptors (Lipinski definition) is 4. The van der Waals surface area contributed by atoms with Crippen LogP contribution in [0.25, 0.3) is 11.0 Å². The summed E-state index contributed by atoms with van der Waals surface area (Å²) in [5.41, 5.74) is 2.42. The highest BCUT2D eigenvalue weighted by atomic mass is 28.4. The summed E-state index contributed by atoms with van der Waals surface area (Å²) >= 11 is 0. The minimum Gasteiger partial charge on any atom is -0.464 e. The van der Waals surface area contributed by atoms with Crippen LogP contribution in [0.15, 0.2) is 34.9 Å². The van der Waals surface area contributed by atoms with Crippen LogP contribution in [-0.4, -0.2) is 45.5 Å². The second kappa shape index (κ2) is 7.57. The summed E-state index contributed by atoms with van der Waals surface area (Å²) < 4.78 is 22.8. The van der Waals surface area contributed by atoms with Gasteiger partial charge in [0.1, 0.15) is 22.1 Å². The van der Waals surface area contributed by atoms with Crippen molar-refractivity contribution >= 4 is 34.6 Å². The van der Waals surface area contributed by atoms with Crippen LogP contribution in [0.5, 0.6) is 0 Å². The van der Waals surface area contributed by atoms with E-state index in [1.807, 2.05) is 12.3 Å². The van der Waals surface area contributed by atoms with Crippen LogP contribution in [0.3, 0.4) is 0 Å². The monoisotopic (exact) mass is 483 g/mol. The highest BCUT2D eigenvalue weighted by Gasteiger charge is 2.69. The number of nitrogens with zero attached hydrogens (tertiary/aromatic N) is 1. The Balaban J connectivity index is 1.53. The van der Waals surface area contributed by atoms with E-state index < -0.39 is 16.5 Å². The second-order valence-electron chi connectivity index (χ2n) is 13.6. The van der Waals surface area contributed by atoms with Crippen LogP contribution in [0.1, 0.15) is 39.2 Å². The maximum absolute atomic E-state index is 7.08. The Kier molecular flexibility index (Phi) is 5.47. The SMILES string of the molecule is CC1(C)[C@@H]2C[C@H]3OB([C@H](Cc4coc5ccccc45)N([Si](C)(C)C)[Si](C)(C)C)O[C@@]3(C)[C@H]1C2.